The summed E-state index contributed by atoms with van der Waals surface area (Å²) in [5, 5.41) is 3.26. The fraction of sp³-hybridized carbons (Fsp3) is 0.533. The van der Waals surface area contributed by atoms with Crippen LogP contribution in [0.25, 0.3) is 0 Å². The molecule has 1 fully saturated rings. The monoisotopic (exact) mass is 278 g/mol. The van der Waals surface area contributed by atoms with Crippen molar-refractivity contribution in [2.45, 2.75) is 30.4 Å². The third-order valence-electron chi connectivity index (χ3n) is 3.42. The highest BCUT2D eigenvalue weighted by molar-refractivity contribution is 8.00. The minimum Gasteiger partial charge on any atom is -0.339 e. The van der Waals surface area contributed by atoms with Crippen molar-refractivity contribution in [1.29, 1.82) is 0 Å². The average molecular weight is 278 g/mol. The summed E-state index contributed by atoms with van der Waals surface area (Å²) in [6.07, 6.45) is 1.06. The van der Waals surface area contributed by atoms with Crippen LogP contribution in [0.3, 0.4) is 0 Å². The third-order valence-corrected chi connectivity index (χ3v) is 4.52. The molecule has 3 nitrogen and oxygen atoms in total. The van der Waals surface area contributed by atoms with Gasteiger partial charge in [0.05, 0.1) is 5.25 Å². The molecule has 19 heavy (non-hydrogen) atoms. The SMILES string of the molecule is CCc1ccc(SC(C)C(=O)N2CCNCC2)cc1. The summed E-state index contributed by atoms with van der Waals surface area (Å²) in [4.78, 5) is 15.4. The van der Waals surface area contributed by atoms with Gasteiger partial charge in [0, 0.05) is 31.1 Å². The molecule has 0 bridgehead atoms. The molecular formula is C15H22N2OS. The fourth-order valence-electron chi connectivity index (χ4n) is 2.20. The van der Waals surface area contributed by atoms with E-state index < -0.39 is 0 Å². The van der Waals surface area contributed by atoms with Crippen molar-refractivity contribution >= 4 is 17.7 Å². The average Bonchev–Trinajstić information content (AvgIpc) is 2.48. The third kappa shape index (κ3) is 3.98. The van der Waals surface area contributed by atoms with E-state index in [1.165, 1.54) is 10.5 Å². The smallest absolute Gasteiger partial charge is 0.235 e. The second kappa shape index (κ2) is 6.96. The molecular weight excluding hydrogens is 256 g/mol. The number of nitrogens with zero attached hydrogens (tertiary/aromatic N) is 1. The molecule has 0 spiro atoms. The van der Waals surface area contributed by atoms with Crippen LogP contribution in [0.1, 0.15) is 19.4 Å². The number of piperazine rings is 1. The number of carbonyl (C=O) groups excluding carboxylic acids is 1. The van der Waals surface area contributed by atoms with Crippen LogP contribution in [-0.4, -0.2) is 42.2 Å². The van der Waals surface area contributed by atoms with Gasteiger partial charge in [-0.2, -0.15) is 0 Å². The van der Waals surface area contributed by atoms with E-state index in [0.29, 0.717) is 0 Å². The molecule has 1 N–H and O–H groups in total. The summed E-state index contributed by atoms with van der Waals surface area (Å²) in [5.41, 5.74) is 1.34. The van der Waals surface area contributed by atoms with Crippen LogP contribution < -0.4 is 5.32 Å². The Balaban J connectivity index is 1.91. The summed E-state index contributed by atoms with van der Waals surface area (Å²) in [6.45, 7) is 7.64. The molecule has 2 rings (SSSR count). The van der Waals surface area contributed by atoms with Crippen molar-refractivity contribution in [1.82, 2.24) is 10.2 Å². The zero-order valence-electron chi connectivity index (χ0n) is 11.7. The molecule has 1 aliphatic rings. The highest BCUT2D eigenvalue weighted by Gasteiger charge is 2.22. The Kier molecular flexibility index (Phi) is 5.28. The van der Waals surface area contributed by atoms with E-state index in [9.17, 15) is 4.79 Å². The Labute approximate surface area is 119 Å². The molecule has 1 aromatic carbocycles. The number of thioether (sulfide) groups is 1. The van der Waals surface area contributed by atoms with Gasteiger partial charge in [0.15, 0.2) is 0 Å². The van der Waals surface area contributed by atoms with Gasteiger partial charge >= 0.3 is 0 Å². The number of amides is 1. The van der Waals surface area contributed by atoms with Gasteiger partial charge in [-0.1, -0.05) is 19.1 Å². The molecule has 0 aromatic heterocycles. The molecule has 1 atom stereocenters. The lowest BCUT2D eigenvalue weighted by Crippen LogP contribution is -2.48. The maximum atomic E-state index is 12.3. The van der Waals surface area contributed by atoms with Gasteiger partial charge < -0.3 is 10.2 Å². The molecule has 1 saturated heterocycles. The standard InChI is InChI=1S/C15H22N2OS/c1-3-13-4-6-14(7-5-13)19-12(2)15(18)17-10-8-16-9-11-17/h4-7,12,16H,3,8-11H2,1-2H3. The second-order valence-electron chi connectivity index (χ2n) is 4.83. The minimum absolute atomic E-state index is 0.00873. The van der Waals surface area contributed by atoms with Crippen LogP contribution in [0.5, 0.6) is 0 Å². The molecule has 0 radical (unpaired) electrons. The topological polar surface area (TPSA) is 32.3 Å². The Morgan fingerprint density at radius 1 is 1.32 bits per heavy atom. The predicted molar refractivity (Wildman–Crippen MR) is 80.6 cm³/mol. The summed E-state index contributed by atoms with van der Waals surface area (Å²) >= 11 is 1.65. The summed E-state index contributed by atoms with van der Waals surface area (Å²) < 4.78 is 0. The predicted octanol–water partition coefficient (Wildman–Crippen LogP) is 2.16. The highest BCUT2D eigenvalue weighted by Crippen LogP contribution is 2.25. The van der Waals surface area contributed by atoms with Crippen LogP contribution >= 0.6 is 11.8 Å². The van der Waals surface area contributed by atoms with Crippen molar-refractivity contribution in [2.24, 2.45) is 0 Å². The molecule has 0 saturated carbocycles. The van der Waals surface area contributed by atoms with E-state index in [0.717, 1.165) is 32.6 Å². The Hall–Kier alpha value is -1.00. The first kappa shape index (κ1) is 14.4. The Bertz CT molecular complexity index is 413. The van der Waals surface area contributed by atoms with Gasteiger partial charge in [0.1, 0.15) is 0 Å². The Morgan fingerprint density at radius 3 is 2.53 bits per heavy atom. The zero-order valence-corrected chi connectivity index (χ0v) is 12.5. The van der Waals surface area contributed by atoms with Crippen molar-refractivity contribution in [2.75, 3.05) is 26.2 Å². The normalized spacial score (nSPS) is 17.3. The molecule has 4 heteroatoms. The van der Waals surface area contributed by atoms with Gasteiger partial charge in [-0.25, -0.2) is 0 Å². The van der Waals surface area contributed by atoms with Gasteiger partial charge in [-0.05, 0) is 31.0 Å². The lowest BCUT2D eigenvalue weighted by Gasteiger charge is -2.29. The van der Waals surface area contributed by atoms with E-state index >= 15 is 0 Å². The van der Waals surface area contributed by atoms with Crippen LogP contribution in [0.15, 0.2) is 29.2 Å². The maximum absolute atomic E-state index is 12.3. The first-order valence-electron chi connectivity index (χ1n) is 6.96. The first-order valence-corrected chi connectivity index (χ1v) is 7.83. The van der Waals surface area contributed by atoms with E-state index in [2.05, 4.69) is 36.5 Å². The molecule has 1 aromatic rings. The summed E-state index contributed by atoms with van der Waals surface area (Å²) in [6, 6.07) is 8.52. The molecule has 1 heterocycles. The van der Waals surface area contributed by atoms with Gasteiger partial charge in [-0.3, -0.25) is 4.79 Å². The van der Waals surface area contributed by atoms with Crippen molar-refractivity contribution in [3.05, 3.63) is 29.8 Å². The van der Waals surface area contributed by atoms with Gasteiger partial charge in [0.25, 0.3) is 0 Å². The first-order chi connectivity index (χ1) is 9.20. The molecule has 1 amide bonds. The molecule has 1 unspecified atom stereocenters. The van der Waals surface area contributed by atoms with Crippen LogP contribution in [0, 0.1) is 0 Å². The van der Waals surface area contributed by atoms with Gasteiger partial charge in [0.2, 0.25) is 5.91 Å². The number of benzene rings is 1. The van der Waals surface area contributed by atoms with E-state index in [1.807, 2.05) is 11.8 Å². The number of aryl methyl sites for hydroxylation is 1. The number of hydrogen-bond acceptors (Lipinski definition) is 3. The fourth-order valence-corrected chi connectivity index (χ4v) is 3.15. The van der Waals surface area contributed by atoms with Crippen LogP contribution in [-0.2, 0) is 11.2 Å². The van der Waals surface area contributed by atoms with Crippen LogP contribution in [0.4, 0.5) is 0 Å². The maximum Gasteiger partial charge on any atom is 0.235 e. The zero-order chi connectivity index (χ0) is 13.7. The second-order valence-corrected chi connectivity index (χ2v) is 6.25. The van der Waals surface area contributed by atoms with E-state index in [4.69, 9.17) is 0 Å². The highest BCUT2D eigenvalue weighted by atomic mass is 32.2. The Morgan fingerprint density at radius 2 is 1.95 bits per heavy atom. The van der Waals surface area contributed by atoms with E-state index in [1.54, 1.807) is 11.8 Å². The largest absolute Gasteiger partial charge is 0.339 e. The molecule has 0 aliphatic carbocycles. The van der Waals surface area contributed by atoms with Crippen molar-refractivity contribution in [3.63, 3.8) is 0 Å². The lowest BCUT2D eigenvalue weighted by molar-refractivity contribution is -0.130. The number of hydrogen-bond donors (Lipinski definition) is 1. The van der Waals surface area contributed by atoms with E-state index in [-0.39, 0.29) is 11.2 Å². The summed E-state index contributed by atoms with van der Waals surface area (Å²) in [5.74, 6) is 0.256. The lowest BCUT2D eigenvalue weighted by atomic mass is 10.2. The minimum atomic E-state index is -0.00873. The number of rotatable bonds is 4. The number of carbonyl (C=O) groups is 1. The molecule has 104 valence electrons. The number of nitrogens with one attached hydrogen (secondary N) is 1. The molecule has 1 aliphatic heterocycles. The van der Waals surface area contributed by atoms with Crippen molar-refractivity contribution in [3.8, 4) is 0 Å². The van der Waals surface area contributed by atoms with Crippen LogP contribution in [0.2, 0.25) is 0 Å². The van der Waals surface area contributed by atoms with Crippen molar-refractivity contribution < 1.29 is 4.79 Å². The summed E-state index contributed by atoms with van der Waals surface area (Å²) in [7, 11) is 0. The quantitative estimate of drug-likeness (QED) is 0.857. The van der Waals surface area contributed by atoms with Gasteiger partial charge in [-0.15, -0.1) is 11.8 Å².